The quantitative estimate of drug-likeness (QED) is 0.676. The van der Waals surface area contributed by atoms with E-state index in [0.717, 1.165) is 35.5 Å². The SMILES string of the molecule is CCC[N+]1(C)CC2C3CCC(C(CN(C)CC)C3CC)C2C1. The molecule has 2 bridgehead atoms. The smallest absolute Gasteiger partial charge is 0.0821 e. The minimum Gasteiger partial charge on any atom is -0.326 e. The van der Waals surface area contributed by atoms with Gasteiger partial charge in [0.1, 0.15) is 0 Å². The predicted molar refractivity (Wildman–Crippen MR) is 94.7 cm³/mol. The van der Waals surface area contributed by atoms with E-state index in [9.17, 15) is 0 Å². The Kier molecular flexibility index (Phi) is 4.90. The van der Waals surface area contributed by atoms with Crippen LogP contribution in [-0.2, 0) is 0 Å². The van der Waals surface area contributed by atoms with Crippen LogP contribution < -0.4 is 0 Å². The highest BCUT2D eigenvalue weighted by atomic mass is 15.4. The predicted octanol–water partition coefficient (Wildman–Crippen LogP) is 3.72. The first-order valence-corrected chi connectivity index (χ1v) is 10.0. The average molecular weight is 308 g/mol. The molecule has 3 aliphatic carbocycles. The van der Waals surface area contributed by atoms with Gasteiger partial charge in [0.15, 0.2) is 0 Å². The van der Waals surface area contributed by atoms with E-state index in [4.69, 9.17) is 0 Å². The Morgan fingerprint density at radius 1 is 0.909 bits per heavy atom. The molecule has 7 unspecified atom stereocenters. The summed E-state index contributed by atoms with van der Waals surface area (Å²) in [6.45, 7) is 14.1. The van der Waals surface area contributed by atoms with Gasteiger partial charge in [-0.2, -0.15) is 0 Å². The molecule has 4 fully saturated rings. The highest BCUT2D eigenvalue weighted by molar-refractivity contribution is 5.03. The summed E-state index contributed by atoms with van der Waals surface area (Å²) in [5, 5.41) is 0. The summed E-state index contributed by atoms with van der Waals surface area (Å²) in [6.07, 6.45) is 5.86. The van der Waals surface area contributed by atoms with Gasteiger partial charge in [-0.1, -0.05) is 27.2 Å². The van der Waals surface area contributed by atoms with Gasteiger partial charge in [0.25, 0.3) is 0 Å². The molecule has 1 aliphatic heterocycles. The van der Waals surface area contributed by atoms with Crippen LogP contribution in [0.5, 0.6) is 0 Å². The fraction of sp³-hybridized carbons (Fsp3) is 1.00. The molecule has 0 amide bonds. The molecule has 2 heteroatoms. The van der Waals surface area contributed by atoms with Gasteiger partial charge in [-0.15, -0.1) is 0 Å². The molecular formula is C20H39N2+. The van der Waals surface area contributed by atoms with Crippen LogP contribution >= 0.6 is 0 Å². The van der Waals surface area contributed by atoms with Crippen molar-refractivity contribution in [3.05, 3.63) is 0 Å². The third-order valence-electron chi connectivity index (χ3n) is 7.73. The van der Waals surface area contributed by atoms with E-state index in [-0.39, 0.29) is 0 Å². The van der Waals surface area contributed by atoms with Crippen LogP contribution in [0.3, 0.4) is 0 Å². The largest absolute Gasteiger partial charge is 0.326 e. The van der Waals surface area contributed by atoms with E-state index >= 15 is 0 Å². The van der Waals surface area contributed by atoms with Crippen molar-refractivity contribution in [2.24, 2.45) is 35.5 Å². The van der Waals surface area contributed by atoms with Crippen molar-refractivity contribution >= 4 is 0 Å². The summed E-state index contributed by atoms with van der Waals surface area (Å²) in [5.41, 5.74) is 0. The third kappa shape index (κ3) is 2.75. The standard InChI is InChI=1S/C20H39N2/c1-6-11-22(5)13-19-16-9-10-17(20(19)14-22)18(15(16)7-2)12-21(4)8-3/h15-20H,6-14H2,1-5H3/q+1. The summed E-state index contributed by atoms with van der Waals surface area (Å²) >= 11 is 0. The molecule has 0 spiro atoms. The van der Waals surface area contributed by atoms with Crippen LogP contribution in [0.15, 0.2) is 0 Å². The molecule has 4 rings (SSSR count). The van der Waals surface area contributed by atoms with E-state index in [2.05, 4.69) is 39.8 Å². The van der Waals surface area contributed by atoms with Crippen molar-refractivity contribution in [1.82, 2.24) is 4.90 Å². The summed E-state index contributed by atoms with van der Waals surface area (Å²) in [4.78, 5) is 2.58. The van der Waals surface area contributed by atoms with E-state index in [0.29, 0.717) is 0 Å². The van der Waals surface area contributed by atoms with Crippen molar-refractivity contribution < 1.29 is 4.48 Å². The van der Waals surface area contributed by atoms with Gasteiger partial charge in [-0.3, -0.25) is 0 Å². The average Bonchev–Trinajstić information content (AvgIpc) is 2.86. The van der Waals surface area contributed by atoms with Gasteiger partial charge in [0.05, 0.1) is 26.7 Å². The van der Waals surface area contributed by atoms with Crippen LogP contribution in [0, 0.1) is 35.5 Å². The molecule has 0 aromatic rings. The van der Waals surface area contributed by atoms with E-state index in [1.807, 2.05) is 0 Å². The Labute approximate surface area is 138 Å². The highest BCUT2D eigenvalue weighted by Gasteiger charge is 2.59. The topological polar surface area (TPSA) is 3.24 Å². The molecule has 22 heavy (non-hydrogen) atoms. The van der Waals surface area contributed by atoms with Crippen LogP contribution in [-0.4, -0.2) is 56.2 Å². The van der Waals surface area contributed by atoms with Gasteiger partial charge in [0, 0.05) is 18.4 Å². The molecule has 0 aromatic carbocycles. The Balaban J connectivity index is 1.81. The third-order valence-corrected chi connectivity index (χ3v) is 7.73. The highest BCUT2D eigenvalue weighted by Crippen LogP contribution is 2.58. The lowest BCUT2D eigenvalue weighted by atomic mass is 9.50. The second kappa shape index (κ2) is 6.43. The first kappa shape index (κ1) is 16.8. The van der Waals surface area contributed by atoms with Gasteiger partial charge >= 0.3 is 0 Å². The Hall–Kier alpha value is -0.0800. The van der Waals surface area contributed by atoms with E-state index in [1.165, 1.54) is 56.5 Å². The summed E-state index contributed by atoms with van der Waals surface area (Å²) < 4.78 is 1.38. The Morgan fingerprint density at radius 2 is 1.50 bits per heavy atom. The minimum absolute atomic E-state index is 0.989. The maximum atomic E-state index is 2.58. The van der Waals surface area contributed by atoms with Crippen LogP contribution in [0.4, 0.5) is 0 Å². The maximum absolute atomic E-state index is 2.58. The van der Waals surface area contributed by atoms with E-state index < -0.39 is 0 Å². The maximum Gasteiger partial charge on any atom is 0.0821 e. The second-order valence-electron chi connectivity index (χ2n) is 9.03. The zero-order valence-electron chi connectivity index (χ0n) is 15.7. The van der Waals surface area contributed by atoms with Crippen molar-refractivity contribution in [3.63, 3.8) is 0 Å². The lowest BCUT2D eigenvalue weighted by molar-refractivity contribution is -0.900. The summed E-state index contributed by atoms with van der Waals surface area (Å²) in [7, 11) is 4.88. The molecule has 0 radical (unpaired) electrons. The summed E-state index contributed by atoms with van der Waals surface area (Å²) in [5.74, 6) is 6.19. The van der Waals surface area contributed by atoms with Crippen molar-refractivity contribution in [1.29, 1.82) is 0 Å². The molecule has 128 valence electrons. The lowest BCUT2D eigenvalue weighted by Gasteiger charge is -2.54. The minimum atomic E-state index is 0.989. The molecule has 3 saturated carbocycles. The first-order chi connectivity index (χ1) is 10.5. The molecule has 0 aromatic heterocycles. The molecule has 0 N–H and O–H groups in total. The fourth-order valence-corrected chi connectivity index (χ4v) is 6.87. The van der Waals surface area contributed by atoms with Crippen molar-refractivity contribution in [2.45, 2.75) is 46.5 Å². The molecule has 2 nitrogen and oxygen atoms in total. The van der Waals surface area contributed by atoms with Crippen LogP contribution in [0.2, 0.25) is 0 Å². The molecular weight excluding hydrogens is 268 g/mol. The Morgan fingerprint density at radius 3 is 2.00 bits per heavy atom. The zero-order chi connectivity index (χ0) is 15.9. The fourth-order valence-electron chi connectivity index (χ4n) is 6.87. The Bertz CT molecular complexity index is 382. The zero-order valence-corrected chi connectivity index (χ0v) is 15.7. The number of nitrogens with zero attached hydrogens (tertiary/aromatic N) is 2. The van der Waals surface area contributed by atoms with Crippen molar-refractivity contribution in [2.75, 3.05) is 46.8 Å². The normalized spacial score (nSPS) is 47.2. The number of hydrogen-bond acceptors (Lipinski definition) is 1. The molecule has 7 atom stereocenters. The number of rotatable bonds is 6. The number of fused-ring (bicyclic) bond motifs is 2. The molecule has 1 saturated heterocycles. The second-order valence-corrected chi connectivity index (χ2v) is 9.03. The lowest BCUT2D eigenvalue weighted by Crippen LogP contribution is -2.53. The first-order valence-electron chi connectivity index (χ1n) is 10.0. The van der Waals surface area contributed by atoms with Crippen molar-refractivity contribution in [3.8, 4) is 0 Å². The van der Waals surface area contributed by atoms with E-state index in [1.54, 1.807) is 6.42 Å². The molecule has 4 aliphatic rings. The van der Waals surface area contributed by atoms with Gasteiger partial charge in [-0.25, -0.2) is 0 Å². The van der Waals surface area contributed by atoms with Gasteiger partial charge < -0.3 is 9.38 Å². The molecule has 1 heterocycles. The van der Waals surface area contributed by atoms with Gasteiger partial charge in [0.2, 0.25) is 0 Å². The number of likely N-dealkylation sites (tertiary alicyclic amines) is 1. The van der Waals surface area contributed by atoms with Crippen LogP contribution in [0.1, 0.15) is 46.5 Å². The number of hydrogen-bond donors (Lipinski definition) is 0. The van der Waals surface area contributed by atoms with Crippen LogP contribution in [0.25, 0.3) is 0 Å². The summed E-state index contributed by atoms with van der Waals surface area (Å²) in [6, 6.07) is 0. The van der Waals surface area contributed by atoms with Gasteiger partial charge in [-0.05, 0) is 56.5 Å². The monoisotopic (exact) mass is 307 g/mol. The number of quaternary nitrogens is 1.